The molecule has 0 saturated carbocycles. The van der Waals surface area contributed by atoms with E-state index in [2.05, 4.69) is 13.8 Å². The van der Waals surface area contributed by atoms with E-state index < -0.39 is 0 Å². The molecule has 1 rings (SSSR count). The van der Waals surface area contributed by atoms with Crippen molar-refractivity contribution in [1.82, 2.24) is 0 Å². The Kier molecular flexibility index (Phi) is 4.76. The molecule has 0 spiro atoms. The molecule has 0 aliphatic heterocycles. The highest BCUT2D eigenvalue weighted by Crippen LogP contribution is 2.17. The lowest BCUT2D eigenvalue weighted by Gasteiger charge is -2.16. The van der Waals surface area contributed by atoms with Crippen LogP contribution in [0.2, 0.25) is 0 Å². The summed E-state index contributed by atoms with van der Waals surface area (Å²) in [6.45, 7) is 4.44. The molecule has 1 nitrogen and oxygen atoms in total. The molecule has 0 aliphatic carbocycles. The van der Waals surface area contributed by atoms with Crippen LogP contribution in [0.15, 0.2) is 24.3 Å². The van der Waals surface area contributed by atoms with Gasteiger partial charge < -0.3 is 5.11 Å². The SMILES string of the molecule is CC(C)CC(CO)Cc1cccc(F)c1. The van der Waals surface area contributed by atoms with Gasteiger partial charge in [0, 0.05) is 6.61 Å². The number of halogens is 1. The van der Waals surface area contributed by atoms with Gasteiger partial charge in [0.2, 0.25) is 0 Å². The average molecular weight is 210 g/mol. The third-order valence-electron chi connectivity index (χ3n) is 2.48. The summed E-state index contributed by atoms with van der Waals surface area (Å²) in [5.74, 6) is 0.608. The van der Waals surface area contributed by atoms with Gasteiger partial charge in [-0.15, -0.1) is 0 Å². The molecule has 0 aromatic heterocycles. The Morgan fingerprint density at radius 1 is 1.33 bits per heavy atom. The largest absolute Gasteiger partial charge is 0.396 e. The van der Waals surface area contributed by atoms with Crippen molar-refractivity contribution >= 4 is 0 Å². The standard InChI is InChI=1S/C13H19FO/c1-10(2)6-12(9-15)7-11-4-3-5-13(14)8-11/h3-5,8,10,12,15H,6-7,9H2,1-2H3. The van der Waals surface area contributed by atoms with Crippen molar-refractivity contribution in [1.29, 1.82) is 0 Å². The van der Waals surface area contributed by atoms with Crippen molar-refractivity contribution in [2.24, 2.45) is 11.8 Å². The Balaban J connectivity index is 2.58. The zero-order valence-electron chi connectivity index (χ0n) is 9.41. The number of hydrogen-bond donors (Lipinski definition) is 1. The number of aliphatic hydroxyl groups is 1. The summed E-state index contributed by atoms with van der Waals surface area (Å²) < 4.78 is 12.9. The number of rotatable bonds is 5. The molecular formula is C13H19FO. The first kappa shape index (κ1) is 12.2. The number of hydrogen-bond acceptors (Lipinski definition) is 1. The van der Waals surface area contributed by atoms with Crippen molar-refractivity contribution in [3.05, 3.63) is 35.6 Å². The summed E-state index contributed by atoms with van der Waals surface area (Å²) >= 11 is 0. The van der Waals surface area contributed by atoms with Gasteiger partial charge >= 0.3 is 0 Å². The first-order chi connectivity index (χ1) is 7.11. The zero-order chi connectivity index (χ0) is 11.3. The smallest absolute Gasteiger partial charge is 0.123 e. The molecule has 0 radical (unpaired) electrons. The van der Waals surface area contributed by atoms with Crippen LogP contribution in [0.5, 0.6) is 0 Å². The molecule has 0 fully saturated rings. The Bertz CT molecular complexity index is 296. The second-order valence-corrected chi connectivity index (χ2v) is 4.51. The minimum Gasteiger partial charge on any atom is -0.396 e. The van der Waals surface area contributed by atoms with E-state index in [1.807, 2.05) is 6.07 Å². The molecule has 84 valence electrons. The average Bonchev–Trinajstić information content (AvgIpc) is 2.16. The van der Waals surface area contributed by atoms with Crippen molar-refractivity contribution in [2.45, 2.75) is 26.7 Å². The van der Waals surface area contributed by atoms with Gasteiger partial charge in [-0.3, -0.25) is 0 Å². The van der Waals surface area contributed by atoms with Gasteiger partial charge in [0.1, 0.15) is 5.82 Å². The van der Waals surface area contributed by atoms with Gasteiger partial charge in [-0.25, -0.2) is 4.39 Å². The van der Waals surface area contributed by atoms with E-state index >= 15 is 0 Å². The molecule has 0 saturated heterocycles. The van der Waals surface area contributed by atoms with E-state index in [4.69, 9.17) is 0 Å². The molecule has 0 heterocycles. The van der Waals surface area contributed by atoms with Crippen LogP contribution in [0, 0.1) is 17.7 Å². The minimum absolute atomic E-state index is 0.175. The van der Waals surface area contributed by atoms with E-state index in [0.29, 0.717) is 5.92 Å². The van der Waals surface area contributed by atoms with Crippen molar-refractivity contribution < 1.29 is 9.50 Å². The predicted molar refractivity (Wildman–Crippen MR) is 60.1 cm³/mol. The van der Waals surface area contributed by atoms with E-state index in [1.54, 1.807) is 12.1 Å². The fourth-order valence-corrected chi connectivity index (χ4v) is 1.89. The van der Waals surface area contributed by atoms with Gasteiger partial charge in [-0.05, 0) is 42.4 Å². The molecule has 0 bridgehead atoms. The van der Waals surface area contributed by atoms with Crippen LogP contribution in [0.25, 0.3) is 0 Å². The summed E-state index contributed by atoms with van der Waals surface area (Å²) in [7, 11) is 0. The molecule has 1 aromatic carbocycles. The lowest BCUT2D eigenvalue weighted by Crippen LogP contribution is -2.12. The summed E-state index contributed by atoms with van der Waals surface area (Å²) in [6.07, 6.45) is 1.74. The second kappa shape index (κ2) is 5.86. The Labute approximate surface area is 90.9 Å². The molecule has 1 unspecified atom stereocenters. The van der Waals surface area contributed by atoms with Crippen LogP contribution in [0.4, 0.5) is 4.39 Å². The van der Waals surface area contributed by atoms with Crippen LogP contribution in [-0.2, 0) is 6.42 Å². The van der Waals surface area contributed by atoms with Gasteiger partial charge in [0.05, 0.1) is 0 Å². The monoisotopic (exact) mass is 210 g/mol. The first-order valence-corrected chi connectivity index (χ1v) is 5.47. The van der Waals surface area contributed by atoms with E-state index in [9.17, 15) is 9.50 Å². The number of aliphatic hydroxyl groups excluding tert-OH is 1. The van der Waals surface area contributed by atoms with Gasteiger partial charge in [-0.1, -0.05) is 26.0 Å². The van der Waals surface area contributed by atoms with Crippen molar-refractivity contribution in [3.8, 4) is 0 Å². The molecule has 0 amide bonds. The van der Waals surface area contributed by atoms with Crippen LogP contribution in [-0.4, -0.2) is 11.7 Å². The van der Waals surface area contributed by atoms with Crippen LogP contribution < -0.4 is 0 Å². The molecule has 1 atom stereocenters. The van der Waals surface area contributed by atoms with E-state index in [1.165, 1.54) is 6.07 Å². The summed E-state index contributed by atoms with van der Waals surface area (Å²) in [5.41, 5.74) is 0.967. The summed E-state index contributed by atoms with van der Waals surface area (Å²) in [4.78, 5) is 0. The van der Waals surface area contributed by atoms with E-state index in [0.717, 1.165) is 18.4 Å². The molecule has 2 heteroatoms. The first-order valence-electron chi connectivity index (χ1n) is 5.47. The normalized spacial score (nSPS) is 13.1. The highest BCUT2D eigenvalue weighted by atomic mass is 19.1. The van der Waals surface area contributed by atoms with Gasteiger partial charge in [-0.2, -0.15) is 0 Å². The summed E-state index contributed by atoms with van der Waals surface area (Å²) in [5, 5.41) is 9.21. The third-order valence-corrected chi connectivity index (χ3v) is 2.48. The van der Waals surface area contributed by atoms with Crippen LogP contribution in [0.1, 0.15) is 25.8 Å². The van der Waals surface area contributed by atoms with E-state index in [-0.39, 0.29) is 18.3 Å². The molecular weight excluding hydrogens is 191 g/mol. The quantitative estimate of drug-likeness (QED) is 0.792. The maximum absolute atomic E-state index is 12.9. The van der Waals surface area contributed by atoms with Crippen molar-refractivity contribution in [2.75, 3.05) is 6.61 Å². The predicted octanol–water partition coefficient (Wildman–Crippen LogP) is 3.02. The molecule has 15 heavy (non-hydrogen) atoms. The Morgan fingerprint density at radius 3 is 2.60 bits per heavy atom. The zero-order valence-corrected chi connectivity index (χ0v) is 9.41. The molecule has 1 N–H and O–H groups in total. The Hall–Kier alpha value is -0.890. The minimum atomic E-state index is -0.200. The maximum Gasteiger partial charge on any atom is 0.123 e. The lowest BCUT2D eigenvalue weighted by molar-refractivity contribution is 0.205. The lowest BCUT2D eigenvalue weighted by atomic mass is 9.92. The molecule has 0 aliphatic rings. The van der Waals surface area contributed by atoms with Crippen LogP contribution >= 0.6 is 0 Å². The van der Waals surface area contributed by atoms with Gasteiger partial charge in [0.25, 0.3) is 0 Å². The number of benzene rings is 1. The maximum atomic E-state index is 12.9. The fraction of sp³-hybridized carbons (Fsp3) is 0.538. The fourth-order valence-electron chi connectivity index (χ4n) is 1.89. The topological polar surface area (TPSA) is 20.2 Å². The van der Waals surface area contributed by atoms with Gasteiger partial charge in [0.15, 0.2) is 0 Å². The van der Waals surface area contributed by atoms with Crippen molar-refractivity contribution in [3.63, 3.8) is 0 Å². The second-order valence-electron chi connectivity index (χ2n) is 4.51. The Morgan fingerprint density at radius 2 is 2.07 bits per heavy atom. The third kappa shape index (κ3) is 4.43. The van der Waals surface area contributed by atoms with Crippen LogP contribution in [0.3, 0.4) is 0 Å². The highest BCUT2D eigenvalue weighted by Gasteiger charge is 2.10. The highest BCUT2D eigenvalue weighted by molar-refractivity contribution is 5.16. The summed E-state index contributed by atoms with van der Waals surface area (Å²) in [6, 6.07) is 6.61. The molecule has 1 aromatic rings.